The van der Waals surface area contributed by atoms with Crippen molar-refractivity contribution in [3.63, 3.8) is 0 Å². The lowest BCUT2D eigenvalue weighted by Gasteiger charge is -2.35. The van der Waals surface area contributed by atoms with Crippen molar-refractivity contribution in [2.75, 3.05) is 31.1 Å². The molecule has 5 rings (SSSR count). The molecule has 0 spiro atoms. The molecule has 3 aromatic carbocycles. The van der Waals surface area contributed by atoms with Gasteiger partial charge in [-0.2, -0.15) is 0 Å². The molecule has 0 aliphatic carbocycles. The molecule has 4 aromatic rings. The third-order valence-corrected chi connectivity index (χ3v) is 5.76. The lowest BCUT2D eigenvalue weighted by molar-refractivity contribution is 0.0736. The van der Waals surface area contributed by atoms with Gasteiger partial charge in [-0.1, -0.05) is 42.5 Å². The third-order valence-electron chi connectivity index (χ3n) is 5.76. The zero-order valence-corrected chi connectivity index (χ0v) is 17.2. The van der Waals surface area contributed by atoms with Crippen LogP contribution in [0.5, 0.6) is 0 Å². The average Bonchev–Trinajstić information content (AvgIpc) is 2.84. The van der Waals surface area contributed by atoms with Gasteiger partial charge in [0.2, 0.25) is 0 Å². The van der Waals surface area contributed by atoms with Crippen LogP contribution < -0.4 is 4.90 Å². The highest BCUT2D eigenvalue weighted by molar-refractivity contribution is 5.95. The van der Waals surface area contributed by atoms with Gasteiger partial charge >= 0.3 is 0 Å². The van der Waals surface area contributed by atoms with Crippen molar-refractivity contribution in [2.45, 2.75) is 0 Å². The van der Waals surface area contributed by atoms with Crippen molar-refractivity contribution in [3.05, 3.63) is 90.0 Å². The van der Waals surface area contributed by atoms with Crippen molar-refractivity contribution in [2.24, 2.45) is 0 Å². The highest BCUT2D eigenvalue weighted by Gasteiger charge is 2.27. The van der Waals surface area contributed by atoms with Gasteiger partial charge in [0.25, 0.3) is 5.91 Å². The number of fused-ring (bicyclic) bond motifs is 1. The fourth-order valence-electron chi connectivity index (χ4n) is 4.00. The van der Waals surface area contributed by atoms with Crippen LogP contribution in [0.15, 0.2) is 72.8 Å². The Kier molecular flexibility index (Phi) is 5.23. The fourth-order valence-corrected chi connectivity index (χ4v) is 4.00. The number of aromatic nitrogens is 2. The molecule has 0 N–H and O–H groups in total. The Morgan fingerprint density at radius 1 is 0.750 bits per heavy atom. The van der Waals surface area contributed by atoms with Crippen LogP contribution in [0.3, 0.4) is 0 Å². The van der Waals surface area contributed by atoms with Gasteiger partial charge < -0.3 is 9.80 Å². The van der Waals surface area contributed by atoms with Crippen LogP contribution in [0.1, 0.15) is 10.4 Å². The minimum atomic E-state index is -0.840. The van der Waals surface area contributed by atoms with E-state index in [-0.39, 0.29) is 0 Å². The molecule has 1 amide bonds. The topological polar surface area (TPSA) is 49.3 Å². The first-order chi connectivity index (χ1) is 15.6. The zero-order valence-electron chi connectivity index (χ0n) is 17.2. The van der Waals surface area contributed by atoms with Gasteiger partial charge in [0.15, 0.2) is 5.82 Å². The molecule has 0 atom stereocenters. The number of carbonyl (C=O) groups is 1. The van der Waals surface area contributed by atoms with Crippen LogP contribution in [0.2, 0.25) is 0 Å². The molecule has 0 saturated carbocycles. The normalized spacial score (nSPS) is 14.1. The lowest BCUT2D eigenvalue weighted by atomic mass is 10.1. The summed E-state index contributed by atoms with van der Waals surface area (Å²) in [5, 5.41) is 11.1. The summed E-state index contributed by atoms with van der Waals surface area (Å²) in [5.74, 6) is -1.60. The molecular formula is C25H20F2N4O. The van der Waals surface area contributed by atoms with E-state index in [1.54, 1.807) is 0 Å². The molecule has 1 aliphatic rings. The molecule has 2 heterocycles. The van der Waals surface area contributed by atoms with E-state index in [2.05, 4.69) is 34.5 Å². The highest BCUT2D eigenvalue weighted by atomic mass is 19.1. The van der Waals surface area contributed by atoms with Gasteiger partial charge in [-0.25, -0.2) is 8.78 Å². The maximum absolute atomic E-state index is 13.9. The van der Waals surface area contributed by atoms with Gasteiger partial charge in [-0.05, 0) is 41.1 Å². The lowest BCUT2D eigenvalue weighted by Crippen LogP contribution is -2.49. The van der Waals surface area contributed by atoms with Gasteiger partial charge in [-0.15, -0.1) is 10.2 Å². The second-order valence-electron chi connectivity index (χ2n) is 7.71. The Bertz CT molecular complexity index is 1260. The van der Waals surface area contributed by atoms with Crippen LogP contribution in [-0.4, -0.2) is 47.2 Å². The molecule has 5 nitrogen and oxygen atoms in total. The van der Waals surface area contributed by atoms with E-state index < -0.39 is 23.1 Å². The van der Waals surface area contributed by atoms with Crippen LogP contribution in [0.4, 0.5) is 14.6 Å². The molecule has 0 radical (unpaired) electrons. The van der Waals surface area contributed by atoms with Crippen molar-refractivity contribution >= 4 is 22.5 Å². The average molecular weight is 430 g/mol. The number of nitrogens with zero attached hydrogens (tertiary/aromatic N) is 4. The van der Waals surface area contributed by atoms with Crippen molar-refractivity contribution in [3.8, 4) is 11.3 Å². The van der Waals surface area contributed by atoms with Crippen LogP contribution in [-0.2, 0) is 0 Å². The maximum Gasteiger partial charge on any atom is 0.259 e. The minimum absolute atomic E-state index is 0.348. The molecule has 1 saturated heterocycles. The minimum Gasteiger partial charge on any atom is -0.352 e. The summed E-state index contributed by atoms with van der Waals surface area (Å²) in [6.07, 6.45) is 0. The Morgan fingerprint density at radius 3 is 2.16 bits per heavy atom. The Hall–Kier alpha value is -3.87. The fraction of sp³-hybridized carbons (Fsp3) is 0.160. The molecule has 1 aliphatic heterocycles. The quantitative estimate of drug-likeness (QED) is 0.479. The summed E-state index contributed by atoms with van der Waals surface area (Å²) < 4.78 is 27.9. The van der Waals surface area contributed by atoms with Gasteiger partial charge in [0.05, 0.1) is 5.69 Å². The molecule has 32 heavy (non-hydrogen) atoms. The summed E-state index contributed by atoms with van der Waals surface area (Å²) in [4.78, 5) is 16.1. The molecule has 0 bridgehead atoms. The second-order valence-corrected chi connectivity index (χ2v) is 7.71. The molecular weight excluding hydrogens is 410 g/mol. The Balaban J connectivity index is 1.27. The summed E-state index contributed by atoms with van der Waals surface area (Å²) in [7, 11) is 0. The van der Waals surface area contributed by atoms with Gasteiger partial charge in [-0.3, -0.25) is 4.79 Å². The van der Waals surface area contributed by atoms with Crippen LogP contribution >= 0.6 is 0 Å². The van der Waals surface area contributed by atoms with Crippen LogP contribution in [0.25, 0.3) is 22.0 Å². The van der Waals surface area contributed by atoms with Crippen LogP contribution in [0, 0.1) is 11.6 Å². The zero-order chi connectivity index (χ0) is 22.1. The second kappa shape index (κ2) is 8.34. The first kappa shape index (κ1) is 20.1. The largest absolute Gasteiger partial charge is 0.352 e. The van der Waals surface area contributed by atoms with Crippen molar-refractivity contribution < 1.29 is 13.6 Å². The smallest absolute Gasteiger partial charge is 0.259 e. The number of anilines is 1. The van der Waals surface area contributed by atoms with E-state index in [4.69, 9.17) is 0 Å². The number of rotatable bonds is 3. The summed E-state index contributed by atoms with van der Waals surface area (Å²) >= 11 is 0. The van der Waals surface area contributed by atoms with E-state index in [0.717, 1.165) is 28.8 Å². The first-order valence-electron chi connectivity index (χ1n) is 10.4. The molecule has 7 heteroatoms. The molecule has 160 valence electrons. The summed E-state index contributed by atoms with van der Waals surface area (Å²) in [6, 6.07) is 21.6. The molecule has 1 aromatic heterocycles. The number of carbonyl (C=O) groups excluding carboxylic acids is 1. The number of amides is 1. The van der Waals surface area contributed by atoms with E-state index in [9.17, 15) is 13.6 Å². The number of benzene rings is 3. The van der Waals surface area contributed by atoms with E-state index in [1.807, 2.05) is 35.2 Å². The van der Waals surface area contributed by atoms with Gasteiger partial charge in [0.1, 0.15) is 17.2 Å². The predicted molar refractivity (Wildman–Crippen MR) is 119 cm³/mol. The number of hydrogen-bond acceptors (Lipinski definition) is 4. The SMILES string of the molecule is O=C(c1c(F)cccc1F)N1CCN(c2ccc(-c3ccc4ccccc4c3)nn2)CC1. The summed E-state index contributed by atoms with van der Waals surface area (Å²) in [6.45, 7) is 1.71. The Morgan fingerprint density at radius 2 is 1.47 bits per heavy atom. The number of hydrogen-bond donors (Lipinski definition) is 0. The molecule has 0 unspecified atom stereocenters. The van der Waals surface area contributed by atoms with E-state index in [0.29, 0.717) is 32.0 Å². The third kappa shape index (κ3) is 3.77. The van der Waals surface area contributed by atoms with Crippen molar-refractivity contribution in [1.29, 1.82) is 0 Å². The first-order valence-corrected chi connectivity index (χ1v) is 10.4. The predicted octanol–water partition coefficient (Wildman–Crippen LogP) is 4.54. The monoisotopic (exact) mass is 430 g/mol. The maximum atomic E-state index is 13.9. The number of piperazine rings is 1. The van der Waals surface area contributed by atoms with E-state index in [1.165, 1.54) is 16.4 Å². The highest BCUT2D eigenvalue weighted by Crippen LogP contribution is 2.24. The van der Waals surface area contributed by atoms with E-state index >= 15 is 0 Å². The van der Waals surface area contributed by atoms with Crippen molar-refractivity contribution in [1.82, 2.24) is 15.1 Å². The summed E-state index contributed by atoms with van der Waals surface area (Å²) in [5.41, 5.74) is 1.27. The van der Waals surface area contributed by atoms with Gasteiger partial charge in [0, 0.05) is 31.7 Å². The Labute approximate surface area is 183 Å². The molecule has 1 fully saturated rings. The number of halogens is 2. The standard InChI is InChI=1S/C25H20F2N4O/c26-20-6-3-7-21(27)24(20)25(32)31-14-12-30(13-15-31)23-11-10-22(28-29-23)19-9-8-17-4-1-2-5-18(17)16-19/h1-11,16H,12-15H2.